The van der Waals surface area contributed by atoms with Gasteiger partial charge in [-0.15, -0.1) is 0 Å². The Balaban J connectivity index is 2.90. The first-order chi connectivity index (χ1) is 7.90. The third kappa shape index (κ3) is 2.90. The average Bonchev–Trinajstić information content (AvgIpc) is 2.29. The number of anilines is 1. The third-order valence-corrected chi connectivity index (χ3v) is 3.16. The lowest BCUT2D eigenvalue weighted by molar-refractivity contribution is -0.123. The lowest BCUT2D eigenvalue weighted by Crippen LogP contribution is -2.51. The summed E-state index contributed by atoms with van der Waals surface area (Å²) < 4.78 is 5.07. The fourth-order valence-electron chi connectivity index (χ4n) is 1.46. The first-order valence-corrected chi connectivity index (χ1v) is 5.62. The van der Waals surface area contributed by atoms with E-state index in [4.69, 9.17) is 10.5 Å². The lowest BCUT2D eigenvalue weighted by atomic mass is 9.87. The standard InChI is InChI=1S/C13H20N2O2/c1-9(2)13(3,12(14)16)15-10-5-7-11(17-4)8-6-10/h5-9,15H,1-4H3,(H2,14,16). The van der Waals surface area contributed by atoms with E-state index in [-0.39, 0.29) is 11.8 Å². The Morgan fingerprint density at radius 2 is 1.88 bits per heavy atom. The molecule has 0 aliphatic rings. The first-order valence-electron chi connectivity index (χ1n) is 5.62. The van der Waals surface area contributed by atoms with Crippen LogP contribution in [-0.4, -0.2) is 18.6 Å². The molecule has 0 saturated heterocycles. The summed E-state index contributed by atoms with van der Waals surface area (Å²) in [7, 11) is 1.62. The van der Waals surface area contributed by atoms with E-state index in [1.54, 1.807) is 7.11 Å². The quantitative estimate of drug-likeness (QED) is 0.822. The zero-order valence-corrected chi connectivity index (χ0v) is 10.8. The van der Waals surface area contributed by atoms with Gasteiger partial charge >= 0.3 is 0 Å². The van der Waals surface area contributed by atoms with Crippen LogP contribution in [0.2, 0.25) is 0 Å². The van der Waals surface area contributed by atoms with Crippen molar-refractivity contribution in [2.24, 2.45) is 11.7 Å². The number of nitrogens with one attached hydrogen (secondary N) is 1. The van der Waals surface area contributed by atoms with Crippen LogP contribution in [0.5, 0.6) is 5.75 Å². The number of carbonyl (C=O) groups excluding carboxylic acids is 1. The Labute approximate surface area is 102 Å². The zero-order valence-electron chi connectivity index (χ0n) is 10.8. The molecule has 17 heavy (non-hydrogen) atoms. The summed E-state index contributed by atoms with van der Waals surface area (Å²) in [6.45, 7) is 5.73. The molecule has 4 heteroatoms. The molecule has 0 saturated carbocycles. The van der Waals surface area contributed by atoms with Crippen LogP contribution in [0.15, 0.2) is 24.3 Å². The van der Waals surface area contributed by atoms with Gasteiger partial charge in [0.2, 0.25) is 5.91 Å². The summed E-state index contributed by atoms with van der Waals surface area (Å²) in [5, 5.41) is 3.18. The van der Waals surface area contributed by atoms with Gasteiger partial charge in [-0.05, 0) is 37.1 Å². The van der Waals surface area contributed by atoms with Gasteiger partial charge in [-0.3, -0.25) is 4.79 Å². The normalized spacial score (nSPS) is 14.2. The second-order valence-corrected chi connectivity index (χ2v) is 4.57. The minimum atomic E-state index is -0.755. The van der Waals surface area contributed by atoms with E-state index in [1.165, 1.54) is 0 Å². The number of carbonyl (C=O) groups is 1. The van der Waals surface area contributed by atoms with Crippen LogP contribution in [0.4, 0.5) is 5.69 Å². The molecule has 0 radical (unpaired) electrons. The summed E-state index contributed by atoms with van der Waals surface area (Å²) in [4.78, 5) is 11.5. The average molecular weight is 236 g/mol. The van der Waals surface area contributed by atoms with Crippen molar-refractivity contribution in [1.82, 2.24) is 0 Å². The van der Waals surface area contributed by atoms with Crippen LogP contribution in [0.25, 0.3) is 0 Å². The first kappa shape index (κ1) is 13.4. The molecule has 3 N–H and O–H groups in total. The van der Waals surface area contributed by atoms with E-state index >= 15 is 0 Å². The van der Waals surface area contributed by atoms with Gasteiger partial charge in [-0.1, -0.05) is 13.8 Å². The van der Waals surface area contributed by atoms with Crippen LogP contribution >= 0.6 is 0 Å². The molecule has 1 atom stereocenters. The molecule has 0 bridgehead atoms. The van der Waals surface area contributed by atoms with Crippen molar-refractivity contribution in [3.05, 3.63) is 24.3 Å². The van der Waals surface area contributed by atoms with Crippen molar-refractivity contribution in [2.45, 2.75) is 26.3 Å². The molecule has 4 nitrogen and oxygen atoms in total. The largest absolute Gasteiger partial charge is 0.497 e. The maximum Gasteiger partial charge on any atom is 0.243 e. The molecule has 1 aromatic carbocycles. The molecular weight excluding hydrogens is 216 g/mol. The molecule has 0 aliphatic carbocycles. The molecule has 0 aromatic heterocycles. The Hall–Kier alpha value is -1.71. The number of nitrogens with two attached hydrogens (primary N) is 1. The number of primary amides is 1. The summed E-state index contributed by atoms with van der Waals surface area (Å²) in [5.41, 5.74) is 5.54. The van der Waals surface area contributed by atoms with Crippen molar-refractivity contribution < 1.29 is 9.53 Å². The molecule has 1 amide bonds. The number of rotatable bonds is 5. The minimum absolute atomic E-state index is 0.0992. The van der Waals surface area contributed by atoms with E-state index in [0.29, 0.717) is 0 Å². The summed E-state index contributed by atoms with van der Waals surface area (Å²) in [6, 6.07) is 7.40. The van der Waals surface area contributed by atoms with Crippen molar-refractivity contribution in [3.8, 4) is 5.75 Å². The predicted octanol–water partition coefficient (Wildman–Crippen LogP) is 2.01. The van der Waals surface area contributed by atoms with Crippen LogP contribution in [0.3, 0.4) is 0 Å². The van der Waals surface area contributed by atoms with Crippen molar-refractivity contribution >= 4 is 11.6 Å². The van der Waals surface area contributed by atoms with Crippen molar-refractivity contribution in [3.63, 3.8) is 0 Å². The highest BCUT2D eigenvalue weighted by Gasteiger charge is 2.34. The number of ether oxygens (including phenoxy) is 1. The highest BCUT2D eigenvalue weighted by atomic mass is 16.5. The number of hydrogen-bond acceptors (Lipinski definition) is 3. The van der Waals surface area contributed by atoms with Gasteiger partial charge in [0, 0.05) is 5.69 Å². The van der Waals surface area contributed by atoms with Gasteiger partial charge in [-0.2, -0.15) is 0 Å². The molecule has 0 heterocycles. The summed E-state index contributed by atoms with van der Waals surface area (Å²) >= 11 is 0. The Morgan fingerprint density at radius 1 is 1.35 bits per heavy atom. The van der Waals surface area contributed by atoms with Crippen molar-refractivity contribution in [2.75, 3.05) is 12.4 Å². The molecule has 1 aromatic rings. The van der Waals surface area contributed by atoms with Gasteiger partial charge < -0.3 is 15.8 Å². The summed E-state index contributed by atoms with van der Waals surface area (Å²) in [6.07, 6.45) is 0. The van der Waals surface area contributed by atoms with Crippen molar-refractivity contribution in [1.29, 1.82) is 0 Å². The smallest absolute Gasteiger partial charge is 0.243 e. The number of hydrogen-bond donors (Lipinski definition) is 2. The second-order valence-electron chi connectivity index (χ2n) is 4.57. The number of amides is 1. The van der Waals surface area contributed by atoms with Gasteiger partial charge in [0.25, 0.3) is 0 Å². The number of methoxy groups -OCH3 is 1. The van der Waals surface area contributed by atoms with Crippen LogP contribution in [-0.2, 0) is 4.79 Å². The molecule has 0 spiro atoms. The maximum absolute atomic E-state index is 11.5. The molecular formula is C13H20N2O2. The van der Waals surface area contributed by atoms with E-state index in [9.17, 15) is 4.79 Å². The SMILES string of the molecule is COc1ccc(NC(C)(C(N)=O)C(C)C)cc1. The third-order valence-electron chi connectivity index (χ3n) is 3.16. The van der Waals surface area contributed by atoms with E-state index in [1.807, 2.05) is 45.0 Å². The topological polar surface area (TPSA) is 64.3 Å². The number of benzene rings is 1. The minimum Gasteiger partial charge on any atom is -0.497 e. The molecule has 0 aliphatic heterocycles. The molecule has 1 rings (SSSR count). The van der Waals surface area contributed by atoms with Crippen LogP contribution < -0.4 is 15.8 Å². The highest BCUT2D eigenvalue weighted by Crippen LogP contribution is 2.24. The zero-order chi connectivity index (χ0) is 13.1. The highest BCUT2D eigenvalue weighted by molar-refractivity contribution is 5.87. The van der Waals surface area contributed by atoms with Gasteiger partial charge in [0.1, 0.15) is 11.3 Å². The Morgan fingerprint density at radius 3 is 2.24 bits per heavy atom. The van der Waals surface area contributed by atoms with E-state index in [0.717, 1.165) is 11.4 Å². The Kier molecular flexibility index (Phi) is 3.99. The van der Waals surface area contributed by atoms with E-state index < -0.39 is 5.54 Å². The lowest BCUT2D eigenvalue weighted by Gasteiger charge is -2.32. The maximum atomic E-state index is 11.5. The van der Waals surface area contributed by atoms with Gasteiger partial charge in [-0.25, -0.2) is 0 Å². The van der Waals surface area contributed by atoms with Crippen LogP contribution in [0.1, 0.15) is 20.8 Å². The van der Waals surface area contributed by atoms with Crippen LogP contribution in [0, 0.1) is 5.92 Å². The molecule has 94 valence electrons. The monoisotopic (exact) mass is 236 g/mol. The van der Waals surface area contributed by atoms with E-state index in [2.05, 4.69) is 5.32 Å². The molecule has 0 fully saturated rings. The fourth-order valence-corrected chi connectivity index (χ4v) is 1.46. The Bertz CT molecular complexity index is 387. The van der Waals surface area contributed by atoms with Gasteiger partial charge in [0.15, 0.2) is 0 Å². The van der Waals surface area contributed by atoms with Gasteiger partial charge in [0.05, 0.1) is 7.11 Å². The second kappa shape index (κ2) is 5.08. The predicted molar refractivity (Wildman–Crippen MR) is 69.1 cm³/mol. The summed E-state index contributed by atoms with van der Waals surface area (Å²) in [5.74, 6) is 0.520. The fraction of sp³-hybridized carbons (Fsp3) is 0.462. The molecule has 1 unspecified atom stereocenters.